The van der Waals surface area contributed by atoms with Gasteiger partial charge in [-0.1, -0.05) is 18.5 Å². The van der Waals surface area contributed by atoms with Gasteiger partial charge in [-0.3, -0.25) is 9.59 Å². The molecule has 0 bridgehead atoms. The Morgan fingerprint density at radius 1 is 1.00 bits per heavy atom. The Balaban J connectivity index is 1.71. The molecule has 0 aliphatic rings. The first-order valence-electron chi connectivity index (χ1n) is 9.42. The number of ether oxygens (including phenoxy) is 1. The second kappa shape index (κ2) is 10.1. The van der Waals surface area contributed by atoms with Gasteiger partial charge in [0.2, 0.25) is 11.8 Å². The highest BCUT2D eigenvalue weighted by Gasteiger charge is 2.26. The maximum atomic E-state index is 14.5. The van der Waals surface area contributed by atoms with Crippen LogP contribution in [0.3, 0.4) is 0 Å². The third-order valence-corrected chi connectivity index (χ3v) is 4.56. The number of amides is 2. The van der Waals surface area contributed by atoms with Gasteiger partial charge in [-0.2, -0.15) is 0 Å². The molecule has 1 heterocycles. The molecule has 32 heavy (non-hydrogen) atoms. The molecule has 0 aliphatic heterocycles. The number of aromatic nitrogens is 1. The molecule has 0 saturated heterocycles. The number of carbonyl (C=O) groups is 2. The number of anilines is 2. The van der Waals surface area contributed by atoms with Crippen LogP contribution in [0.15, 0.2) is 54.7 Å². The minimum absolute atomic E-state index is 0.0902. The van der Waals surface area contributed by atoms with Gasteiger partial charge >= 0.3 is 0 Å². The van der Waals surface area contributed by atoms with Gasteiger partial charge in [0.1, 0.15) is 22.6 Å². The zero-order valence-electron chi connectivity index (χ0n) is 16.7. The third-order valence-electron chi connectivity index (χ3n) is 4.36. The van der Waals surface area contributed by atoms with E-state index in [0.717, 1.165) is 24.3 Å². The van der Waals surface area contributed by atoms with Gasteiger partial charge in [0.05, 0.1) is 5.69 Å². The summed E-state index contributed by atoms with van der Waals surface area (Å²) in [7, 11) is 0. The third kappa shape index (κ3) is 5.76. The van der Waals surface area contributed by atoms with Crippen LogP contribution in [0.5, 0.6) is 11.5 Å². The number of carbonyl (C=O) groups excluding carboxylic acids is 2. The maximum absolute atomic E-state index is 14.5. The summed E-state index contributed by atoms with van der Waals surface area (Å²) in [5.74, 6) is -5.39. The van der Waals surface area contributed by atoms with Crippen molar-refractivity contribution in [3.05, 3.63) is 77.3 Å². The molecule has 2 aromatic carbocycles. The van der Waals surface area contributed by atoms with E-state index >= 15 is 0 Å². The van der Waals surface area contributed by atoms with E-state index in [9.17, 15) is 22.8 Å². The predicted molar refractivity (Wildman–Crippen MR) is 113 cm³/mol. The number of halogens is 4. The second-order valence-electron chi connectivity index (χ2n) is 6.63. The Labute approximate surface area is 186 Å². The molecule has 166 valence electrons. The quantitative estimate of drug-likeness (QED) is 0.356. The van der Waals surface area contributed by atoms with Crippen molar-refractivity contribution < 1.29 is 27.5 Å². The molecule has 0 saturated carbocycles. The molecular formula is C22H17ClF3N3O3. The number of hydrogen-bond donors (Lipinski definition) is 2. The van der Waals surface area contributed by atoms with Crippen LogP contribution in [0.4, 0.5) is 24.5 Å². The molecule has 10 heteroatoms. The van der Waals surface area contributed by atoms with Crippen LogP contribution in [0, 0.1) is 23.4 Å². The van der Waals surface area contributed by atoms with Gasteiger partial charge in [0, 0.05) is 30.1 Å². The van der Waals surface area contributed by atoms with Crippen LogP contribution < -0.4 is 15.4 Å². The number of nitrogens with zero attached hydrogens (tertiary/aromatic N) is 1. The normalized spacial score (nSPS) is 11.5. The Hall–Kier alpha value is -3.59. The lowest BCUT2D eigenvalue weighted by atomic mass is 10.0. The Kier molecular flexibility index (Phi) is 7.32. The van der Waals surface area contributed by atoms with E-state index in [0.29, 0.717) is 0 Å². The Morgan fingerprint density at radius 2 is 1.69 bits per heavy atom. The molecular weight excluding hydrogens is 447 g/mol. The number of pyridine rings is 1. The molecule has 0 radical (unpaired) electrons. The zero-order valence-corrected chi connectivity index (χ0v) is 17.4. The number of benzene rings is 2. The van der Waals surface area contributed by atoms with Crippen LogP contribution in [0.2, 0.25) is 5.15 Å². The second-order valence-corrected chi connectivity index (χ2v) is 7.01. The highest BCUT2D eigenvalue weighted by molar-refractivity contribution is 6.29. The lowest BCUT2D eigenvalue weighted by Crippen LogP contribution is -2.33. The first-order chi connectivity index (χ1) is 15.3. The van der Waals surface area contributed by atoms with Gasteiger partial charge in [0.25, 0.3) is 0 Å². The lowest BCUT2D eigenvalue weighted by Gasteiger charge is -2.16. The molecule has 0 aliphatic carbocycles. The fourth-order valence-corrected chi connectivity index (χ4v) is 2.91. The molecule has 1 aromatic heterocycles. The van der Waals surface area contributed by atoms with Crippen molar-refractivity contribution in [3.8, 4) is 11.5 Å². The molecule has 2 N–H and O–H groups in total. The number of nitrogens with one attached hydrogen (secondary N) is 2. The van der Waals surface area contributed by atoms with Crippen molar-refractivity contribution in [3.63, 3.8) is 0 Å². The van der Waals surface area contributed by atoms with Crippen molar-refractivity contribution in [1.29, 1.82) is 0 Å². The monoisotopic (exact) mass is 463 g/mol. The molecule has 0 spiro atoms. The molecule has 3 rings (SSSR count). The molecule has 3 aromatic rings. The van der Waals surface area contributed by atoms with Crippen LogP contribution in [0.25, 0.3) is 0 Å². The largest absolute Gasteiger partial charge is 0.454 e. The molecule has 6 nitrogen and oxygen atoms in total. The zero-order chi connectivity index (χ0) is 23.3. The van der Waals surface area contributed by atoms with Gasteiger partial charge in [0.15, 0.2) is 17.4 Å². The Bertz CT molecular complexity index is 1140. The summed E-state index contributed by atoms with van der Waals surface area (Å²) in [6, 6.07) is 9.21. The average Bonchev–Trinajstić information content (AvgIpc) is 2.74. The van der Waals surface area contributed by atoms with Gasteiger partial charge < -0.3 is 15.4 Å². The van der Waals surface area contributed by atoms with E-state index in [1.165, 1.54) is 30.5 Å². The van der Waals surface area contributed by atoms with Crippen molar-refractivity contribution in [2.24, 2.45) is 5.92 Å². The highest BCUT2D eigenvalue weighted by atomic mass is 35.5. The highest BCUT2D eigenvalue weighted by Crippen LogP contribution is 2.30. The van der Waals surface area contributed by atoms with Crippen molar-refractivity contribution >= 4 is 34.8 Å². The van der Waals surface area contributed by atoms with Crippen molar-refractivity contribution in [1.82, 2.24) is 4.98 Å². The van der Waals surface area contributed by atoms with E-state index in [2.05, 4.69) is 15.6 Å². The number of rotatable bonds is 7. The smallest absolute Gasteiger partial charge is 0.237 e. The summed E-state index contributed by atoms with van der Waals surface area (Å²) in [5.41, 5.74) is -0.168. The van der Waals surface area contributed by atoms with E-state index in [1.54, 1.807) is 6.92 Å². The van der Waals surface area contributed by atoms with Gasteiger partial charge in [-0.25, -0.2) is 18.2 Å². The molecule has 1 unspecified atom stereocenters. The van der Waals surface area contributed by atoms with E-state index in [-0.39, 0.29) is 23.0 Å². The molecule has 1 atom stereocenters. The lowest BCUT2D eigenvalue weighted by molar-refractivity contribution is -0.129. The van der Waals surface area contributed by atoms with Crippen LogP contribution >= 0.6 is 11.6 Å². The van der Waals surface area contributed by atoms with Crippen LogP contribution in [-0.2, 0) is 9.59 Å². The first kappa shape index (κ1) is 23.1. The van der Waals surface area contributed by atoms with Crippen molar-refractivity contribution in [2.75, 3.05) is 10.6 Å². The van der Waals surface area contributed by atoms with Crippen molar-refractivity contribution in [2.45, 2.75) is 13.3 Å². The SMILES string of the molecule is CCC(C(=O)Nc1ccc(F)cc1)C(=O)Nc1cc(F)c(Oc2ccnc(Cl)c2)cc1F. The van der Waals surface area contributed by atoms with E-state index in [1.807, 2.05) is 0 Å². The minimum Gasteiger partial charge on any atom is -0.454 e. The summed E-state index contributed by atoms with van der Waals surface area (Å²) in [6.07, 6.45) is 1.43. The molecule has 2 amide bonds. The predicted octanol–water partition coefficient (Wildman–Crippen LogP) is 5.55. The first-order valence-corrected chi connectivity index (χ1v) is 9.80. The van der Waals surface area contributed by atoms with Crippen LogP contribution in [0.1, 0.15) is 13.3 Å². The summed E-state index contributed by atoms with van der Waals surface area (Å²) >= 11 is 5.74. The van der Waals surface area contributed by atoms with Gasteiger partial charge in [-0.15, -0.1) is 0 Å². The average molecular weight is 464 g/mol. The molecule has 0 fully saturated rings. The summed E-state index contributed by atoms with van der Waals surface area (Å²) < 4.78 is 47.2. The fourth-order valence-electron chi connectivity index (χ4n) is 2.75. The summed E-state index contributed by atoms with van der Waals surface area (Å²) in [4.78, 5) is 28.7. The van der Waals surface area contributed by atoms with Crippen LogP contribution in [-0.4, -0.2) is 16.8 Å². The summed E-state index contributed by atoms with van der Waals surface area (Å²) in [6.45, 7) is 1.59. The Morgan fingerprint density at radius 3 is 2.34 bits per heavy atom. The maximum Gasteiger partial charge on any atom is 0.237 e. The standard InChI is InChI=1S/C22H17ClF3N3O3/c1-2-15(21(30)28-13-5-3-12(24)4-6-13)22(31)29-18-10-17(26)19(11-16(18)25)32-14-7-8-27-20(23)9-14/h3-11,15H,2H2,1H3,(H,28,30)(H,29,31). The van der Waals surface area contributed by atoms with Gasteiger partial charge in [-0.05, 0) is 36.8 Å². The topological polar surface area (TPSA) is 80.3 Å². The summed E-state index contributed by atoms with van der Waals surface area (Å²) in [5, 5.41) is 4.81. The number of hydrogen-bond acceptors (Lipinski definition) is 4. The fraction of sp³-hybridized carbons (Fsp3) is 0.136. The van der Waals surface area contributed by atoms with E-state index < -0.39 is 46.6 Å². The minimum atomic E-state index is -1.20. The van der Waals surface area contributed by atoms with E-state index in [4.69, 9.17) is 16.3 Å².